The summed E-state index contributed by atoms with van der Waals surface area (Å²) in [6, 6.07) is 9.49. The van der Waals surface area contributed by atoms with Gasteiger partial charge in [-0.05, 0) is 29.8 Å². The van der Waals surface area contributed by atoms with E-state index in [4.69, 9.17) is 11.6 Å². The van der Waals surface area contributed by atoms with E-state index in [-0.39, 0.29) is 11.4 Å². The Morgan fingerprint density at radius 2 is 2.00 bits per heavy atom. The van der Waals surface area contributed by atoms with Gasteiger partial charge in [-0.25, -0.2) is 17.5 Å². The summed E-state index contributed by atoms with van der Waals surface area (Å²) in [7, 11) is -3.06. The van der Waals surface area contributed by atoms with Crippen LogP contribution in [0.3, 0.4) is 0 Å². The lowest BCUT2D eigenvalue weighted by Gasteiger charge is -2.19. The summed E-state index contributed by atoms with van der Waals surface area (Å²) >= 11 is 8.94. The first-order valence-corrected chi connectivity index (χ1v) is 9.68. The highest BCUT2D eigenvalue weighted by Gasteiger charge is 2.27. The van der Waals surface area contributed by atoms with Gasteiger partial charge in [-0.1, -0.05) is 45.7 Å². The van der Waals surface area contributed by atoms with Crippen molar-refractivity contribution < 1.29 is 22.3 Å². The van der Waals surface area contributed by atoms with Crippen molar-refractivity contribution in [2.75, 3.05) is 7.11 Å². The molecule has 5 nitrogen and oxygen atoms in total. The zero-order chi connectivity index (χ0) is 18.6. The fraction of sp³-hybridized carbons (Fsp3) is 0.188. The second kappa shape index (κ2) is 8.27. The van der Waals surface area contributed by atoms with E-state index in [1.54, 1.807) is 24.3 Å². The molecule has 0 bridgehead atoms. The van der Waals surface area contributed by atoms with Gasteiger partial charge in [0.15, 0.2) is 5.82 Å². The second-order valence-electron chi connectivity index (χ2n) is 5.06. The summed E-state index contributed by atoms with van der Waals surface area (Å²) < 4.78 is 46.9. The number of carbonyl (C=O) groups excluding carboxylic acids is 1. The molecule has 25 heavy (non-hydrogen) atoms. The normalized spacial score (nSPS) is 12.6. The predicted octanol–water partition coefficient (Wildman–Crippen LogP) is 3.82. The summed E-state index contributed by atoms with van der Waals surface area (Å²) in [4.78, 5) is 11.1. The van der Waals surface area contributed by atoms with Crippen molar-refractivity contribution in [3.8, 4) is 0 Å². The van der Waals surface area contributed by atoms with Gasteiger partial charge in [-0.3, -0.25) is 4.79 Å². The van der Waals surface area contributed by atoms with Crippen LogP contribution in [-0.4, -0.2) is 21.5 Å². The first kappa shape index (κ1) is 19.8. The van der Waals surface area contributed by atoms with Crippen molar-refractivity contribution in [2.24, 2.45) is 0 Å². The molecule has 0 aliphatic carbocycles. The van der Waals surface area contributed by atoms with Crippen LogP contribution in [0.1, 0.15) is 18.0 Å². The van der Waals surface area contributed by atoms with E-state index in [0.29, 0.717) is 10.0 Å². The molecule has 2 rings (SSSR count). The van der Waals surface area contributed by atoms with Crippen molar-refractivity contribution in [3.05, 3.63) is 63.3 Å². The van der Waals surface area contributed by atoms with E-state index in [1.165, 1.54) is 19.2 Å². The third kappa shape index (κ3) is 5.01. The molecule has 0 saturated heterocycles. The molecule has 0 radical (unpaired) electrons. The number of carbonyl (C=O) groups is 1. The largest absolute Gasteiger partial charge is 0.469 e. The number of esters is 1. The van der Waals surface area contributed by atoms with Crippen molar-refractivity contribution in [1.29, 1.82) is 0 Å². The highest BCUT2D eigenvalue weighted by molar-refractivity contribution is 9.10. The number of halogens is 3. The molecular formula is C16H14BrClFNO4S. The quantitative estimate of drug-likeness (QED) is 0.679. The Kier molecular flexibility index (Phi) is 6.56. The lowest BCUT2D eigenvalue weighted by molar-refractivity contribution is -0.141. The molecule has 2 aromatic carbocycles. The Balaban J connectivity index is 2.41. The van der Waals surface area contributed by atoms with Gasteiger partial charge >= 0.3 is 5.97 Å². The zero-order valence-electron chi connectivity index (χ0n) is 13.0. The minimum absolute atomic E-state index is 0.256. The number of sulfonamides is 1. The first-order chi connectivity index (χ1) is 11.7. The Labute approximate surface area is 158 Å². The SMILES string of the molecule is COC(=O)C[C@H](NS(=O)(=O)c1cccc(Cl)c1F)c1cccc(Br)c1. The van der Waals surface area contributed by atoms with Crippen LogP contribution < -0.4 is 4.72 Å². The molecule has 0 unspecified atom stereocenters. The van der Waals surface area contributed by atoms with Gasteiger partial charge in [0.25, 0.3) is 0 Å². The lowest BCUT2D eigenvalue weighted by atomic mass is 10.1. The molecule has 0 aliphatic rings. The van der Waals surface area contributed by atoms with Crippen LogP contribution in [0.15, 0.2) is 51.8 Å². The molecule has 1 atom stereocenters. The van der Waals surface area contributed by atoms with Crippen molar-refractivity contribution >= 4 is 43.5 Å². The van der Waals surface area contributed by atoms with E-state index in [1.807, 2.05) is 0 Å². The number of rotatable bonds is 6. The van der Waals surface area contributed by atoms with Crippen molar-refractivity contribution in [3.63, 3.8) is 0 Å². The van der Waals surface area contributed by atoms with E-state index in [9.17, 15) is 17.6 Å². The number of nitrogens with one attached hydrogen (secondary N) is 1. The van der Waals surface area contributed by atoms with E-state index in [0.717, 1.165) is 6.07 Å². The van der Waals surface area contributed by atoms with Crippen LogP contribution in [0.5, 0.6) is 0 Å². The molecule has 0 aromatic heterocycles. The highest BCUT2D eigenvalue weighted by atomic mass is 79.9. The maximum Gasteiger partial charge on any atom is 0.307 e. The van der Waals surface area contributed by atoms with Crippen molar-refractivity contribution in [2.45, 2.75) is 17.4 Å². The molecule has 0 fully saturated rings. The van der Waals surface area contributed by atoms with Gasteiger partial charge < -0.3 is 4.74 Å². The van der Waals surface area contributed by atoms with Crippen molar-refractivity contribution in [1.82, 2.24) is 4.72 Å². The standard InChI is InChI=1S/C16H14BrClFNO4S/c1-24-15(21)9-13(10-4-2-5-11(17)8-10)20-25(22,23)14-7-3-6-12(18)16(14)19/h2-8,13,20H,9H2,1H3/t13-/m0/s1. The average molecular weight is 451 g/mol. The minimum atomic E-state index is -4.26. The van der Waals surface area contributed by atoms with E-state index < -0.39 is 32.7 Å². The predicted molar refractivity (Wildman–Crippen MR) is 95.2 cm³/mol. The van der Waals surface area contributed by atoms with Crippen LogP contribution in [-0.2, 0) is 19.6 Å². The summed E-state index contributed by atoms with van der Waals surface area (Å²) in [5.74, 6) is -1.66. The molecule has 0 heterocycles. The maximum absolute atomic E-state index is 14.1. The molecule has 0 saturated carbocycles. The first-order valence-electron chi connectivity index (χ1n) is 7.03. The average Bonchev–Trinajstić information content (AvgIpc) is 2.56. The van der Waals surface area contributed by atoms with Gasteiger partial charge in [-0.2, -0.15) is 0 Å². The molecule has 1 N–H and O–H groups in total. The van der Waals surface area contributed by atoms with Gasteiger partial charge in [0.1, 0.15) is 4.90 Å². The monoisotopic (exact) mass is 449 g/mol. The fourth-order valence-electron chi connectivity index (χ4n) is 2.14. The minimum Gasteiger partial charge on any atom is -0.469 e. The van der Waals surface area contributed by atoms with E-state index >= 15 is 0 Å². The third-order valence-electron chi connectivity index (χ3n) is 3.35. The van der Waals surface area contributed by atoms with E-state index in [2.05, 4.69) is 25.4 Å². The van der Waals surface area contributed by atoms with Crippen LogP contribution in [0, 0.1) is 5.82 Å². The second-order valence-corrected chi connectivity index (χ2v) is 8.07. The van der Waals surface area contributed by atoms with Gasteiger partial charge in [0.05, 0.1) is 24.6 Å². The molecule has 0 amide bonds. The molecule has 9 heteroatoms. The highest BCUT2D eigenvalue weighted by Crippen LogP contribution is 2.26. The Bertz CT molecular complexity index is 891. The van der Waals surface area contributed by atoms with Gasteiger partial charge in [-0.15, -0.1) is 0 Å². The summed E-state index contributed by atoms with van der Waals surface area (Å²) in [6.07, 6.45) is -0.256. The smallest absolute Gasteiger partial charge is 0.307 e. The zero-order valence-corrected chi connectivity index (χ0v) is 16.2. The van der Waals surface area contributed by atoms with Crippen LogP contribution in [0.2, 0.25) is 5.02 Å². The van der Waals surface area contributed by atoms with Crippen LogP contribution in [0.4, 0.5) is 4.39 Å². The number of hydrogen-bond donors (Lipinski definition) is 1. The fourth-order valence-corrected chi connectivity index (χ4v) is 4.12. The summed E-state index contributed by atoms with van der Waals surface area (Å²) in [5, 5.41) is -0.310. The Hall–Kier alpha value is -1.48. The maximum atomic E-state index is 14.1. The molecule has 0 spiro atoms. The van der Waals surface area contributed by atoms with Gasteiger partial charge in [0, 0.05) is 4.47 Å². The molecule has 134 valence electrons. The van der Waals surface area contributed by atoms with Gasteiger partial charge in [0.2, 0.25) is 10.0 Å². The number of benzene rings is 2. The lowest BCUT2D eigenvalue weighted by Crippen LogP contribution is -2.31. The Morgan fingerprint density at radius 3 is 2.64 bits per heavy atom. The molecular weight excluding hydrogens is 437 g/mol. The summed E-state index contributed by atoms with van der Waals surface area (Å²) in [5.41, 5.74) is 0.519. The molecule has 0 aliphatic heterocycles. The number of ether oxygens (including phenoxy) is 1. The van der Waals surface area contributed by atoms with Crippen LogP contribution >= 0.6 is 27.5 Å². The number of methoxy groups -OCH3 is 1. The Morgan fingerprint density at radius 1 is 1.32 bits per heavy atom. The topological polar surface area (TPSA) is 72.5 Å². The van der Waals surface area contributed by atoms with Crippen LogP contribution in [0.25, 0.3) is 0 Å². The third-order valence-corrected chi connectivity index (χ3v) is 5.63. The number of hydrogen-bond acceptors (Lipinski definition) is 4. The summed E-state index contributed by atoms with van der Waals surface area (Å²) in [6.45, 7) is 0. The molecule has 2 aromatic rings.